The Balaban J connectivity index is 1.64. The zero-order valence-corrected chi connectivity index (χ0v) is 12.4. The van der Waals surface area contributed by atoms with Crippen molar-refractivity contribution in [2.75, 3.05) is 12.4 Å². The van der Waals surface area contributed by atoms with Crippen LogP contribution in [0.4, 0.5) is 0 Å². The summed E-state index contributed by atoms with van der Waals surface area (Å²) in [7, 11) is 0. The maximum Gasteiger partial charge on any atom is 0.154 e. The number of nitrogens with two attached hydrogens (primary N) is 1. The summed E-state index contributed by atoms with van der Waals surface area (Å²) in [6.45, 7) is 0.618. The first kappa shape index (κ1) is 14.5. The molecule has 2 rings (SSSR count). The lowest BCUT2D eigenvalue weighted by molar-refractivity contribution is 0.344. The van der Waals surface area contributed by atoms with E-state index in [9.17, 15) is 0 Å². The van der Waals surface area contributed by atoms with Gasteiger partial charge in [0.15, 0.2) is 5.17 Å². The van der Waals surface area contributed by atoms with E-state index in [-0.39, 0.29) is 0 Å². The highest BCUT2D eigenvalue weighted by Crippen LogP contribution is 2.21. The van der Waals surface area contributed by atoms with Gasteiger partial charge in [0.1, 0.15) is 5.75 Å². The van der Waals surface area contributed by atoms with Crippen molar-refractivity contribution in [3.63, 3.8) is 0 Å². The lowest BCUT2D eigenvalue weighted by Gasteiger charge is -2.07. The first-order chi connectivity index (χ1) is 9.24. The summed E-state index contributed by atoms with van der Waals surface area (Å²) in [5.74, 6) is 1.64. The molecule has 1 fully saturated rings. The molecule has 0 unspecified atom stereocenters. The van der Waals surface area contributed by atoms with E-state index in [1.165, 1.54) is 25.7 Å². The number of ether oxygens (including phenoxy) is 1. The molecule has 19 heavy (non-hydrogen) atoms. The number of nitrogens with zero attached hydrogens (tertiary/aromatic N) is 1. The van der Waals surface area contributed by atoms with Crippen LogP contribution in [0.3, 0.4) is 0 Å². The second-order valence-electron chi connectivity index (χ2n) is 4.56. The summed E-state index contributed by atoms with van der Waals surface area (Å²) >= 11 is 7.37. The SMILES string of the molecule is NC(=NC1CCCC1)SCCOc1ccc(Cl)cc1. The molecule has 0 atom stereocenters. The van der Waals surface area contributed by atoms with Crippen LogP contribution in [0.2, 0.25) is 5.02 Å². The third kappa shape index (κ3) is 5.33. The van der Waals surface area contributed by atoms with E-state index < -0.39 is 0 Å². The molecule has 0 heterocycles. The first-order valence-electron chi connectivity index (χ1n) is 6.58. The largest absolute Gasteiger partial charge is 0.493 e. The second kappa shape index (κ2) is 7.65. The Labute approximate surface area is 123 Å². The minimum absolute atomic E-state index is 0.449. The van der Waals surface area contributed by atoms with Gasteiger partial charge in [0, 0.05) is 10.8 Å². The van der Waals surface area contributed by atoms with Crippen LogP contribution in [0.15, 0.2) is 29.3 Å². The van der Waals surface area contributed by atoms with E-state index >= 15 is 0 Å². The molecule has 1 aliphatic rings. The maximum atomic E-state index is 5.89. The van der Waals surface area contributed by atoms with Gasteiger partial charge in [0.2, 0.25) is 0 Å². The van der Waals surface area contributed by atoms with Crippen molar-refractivity contribution in [2.45, 2.75) is 31.7 Å². The predicted molar refractivity (Wildman–Crippen MR) is 83.3 cm³/mol. The highest BCUT2D eigenvalue weighted by molar-refractivity contribution is 8.13. The molecule has 3 nitrogen and oxygen atoms in total. The molecule has 1 saturated carbocycles. The van der Waals surface area contributed by atoms with Crippen LogP contribution in [0, 0.1) is 0 Å². The van der Waals surface area contributed by atoms with Crippen LogP contribution in [0.5, 0.6) is 5.75 Å². The molecule has 0 aromatic heterocycles. The highest BCUT2D eigenvalue weighted by atomic mass is 35.5. The van der Waals surface area contributed by atoms with Gasteiger partial charge in [0.25, 0.3) is 0 Å². The van der Waals surface area contributed by atoms with E-state index in [0.29, 0.717) is 17.8 Å². The Morgan fingerprint density at radius 1 is 1.32 bits per heavy atom. The van der Waals surface area contributed by atoms with Crippen LogP contribution in [-0.4, -0.2) is 23.6 Å². The Morgan fingerprint density at radius 3 is 2.68 bits per heavy atom. The molecule has 0 aliphatic heterocycles. The predicted octanol–water partition coefficient (Wildman–Crippen LogP) is 3.71. The van der Waals surface area contributed by atoms with Crippen molar-refractivity contribution in [1.29, 1.82) is 0 Å². The molecule has 0 bridgehead atoms. The number of hydrogen-bond acceptors (Lipinski definition) is 3. The molecule has 1 aliphatic carbocycles. The van der Waals surface area contributed by atoms with Crippen LogP contribution < -0.4 is 10.5 Å². The van der Waals surface area contributed by atoms with Crippen LogP contribution in [0.1, 0.15) is 25.7 Å². The van der Waals surface area contributed by atoms with Gasteiger partial charge in [-0.15, -0.1) is 0 Å². The van der Waals surface area contributed by atoms with Gasteiger partial charge in [-0.3, -0.25) is 4.99 Å². The monoisotopic (exact) mass is 298 g/mol. The zero-order chi connectivity index (χ0) is 13.5. The van der Waals surface area contributed by atoms with Crippen LogP contribution >= 0.6 is 23.4 Å². The number of aliphatic imine (C=N–C) groups is 1. The molecular formula is C14H19ClN2OS. The summed E-state index contributed by atoms with van der Waals surface area (Å²) in [5, 5.41) is 1.40. The molecule has 0 radical (unpaired) electrons. The average molecular weight is 299 g/mol. The van der Waals surface area contributed by atoms with Gasteiger partial charge in [-0.05, 0) is 37.1 Å². The van der Waals surface area contributed by atoms with Crippen molar-refractivity contribution in [3.8, 4) is 5.75 Å². The minimum Gasteiger partial charge on any atom is -0.493 e. The number of amidine groups is 1. The van der Waals surface area contributed by atoms with Gasteiger partial charge in [-0.1, -0.05) is 36.2 Å². The summed E-state index contributed by atoms with van der Waals surface area (Å²) in [5.41, 5.74) is 5.89. The molecule has 1 aromatic rings. The van der Waals surface area contributed by atoms with Crippen LogP contribution in [0.25, 0.3) is 0 Å². The van der Waals surface area contributed by atoms with Gasteiger partial charge in [0.05, 0.1) is 12.6 Å². The summed E-state index contributed by atoms with van der Waals surface area (Å²) < 4.78 is 5.59. The molecule has 0 spiro atoms. The molecule has 1 aromatic carbocycles. The number of halogens is 1. The van der Waals surface area contributed by atoms with Crippen molar-refractivity contribution in [1.82, 2.24) is 0 Å². The fourth-order valence-electron chi connectivity index (χ4n) is 2.09. The van der Waals surface area contributed by atoms with Gasteiger partial charge in [-0.25, -0.2) is 0 Å². The van der Waals surface area contributed by atoms with Gasteiger partial charge >= 0.3 is 0 Å². The molecule has 104 valence electrons. The molecule has 5 heteroatoms. The smallest absolute Gasteiger partial charge is 0.154 e. The Bertz CT molecular complexity index is 416. The normalized spacial score (nSPS) is 16.8. The Morgan fingerprint density at radius 2 is 2.00 bits per heavy atom. The van der Waals surface area contributed by atoms with Crippen molar-refractivity contribution >= 4 is 28.5 Å². The third-order valence-electron chi connectivity index (χ3n) is 3.05. The lowest BCUT2D eigenvalue weighted by atomic mass is 10.3. The molecule has 2 N–H and O–H groups in total. The van der Waals surface area contributed by atoms with Gasteiger partial charge in [-0.2, -0.15) is 0 Å². The maximum absolute atomic E-state index is 5.89. The number of hydrogen-bond donors (Lipinski definition) is 1. The topological polar surface area (TPSA) is 47.6 Å². The van der Waals surface area contributed by atoms with Crippen molar-refractivity contribution in [2.24, 2.45) is 10.7 Å². The van der Waals surface area contributed by atoms with Crippen molar-refractivity contribution in [3.05, 3.63) is 29.3 Å². The first-order valence-corrected chi connectivity index (χ1v) is 7.95. The fraction of sp³-hybridized carbons (Fsp3) is 0.500. The van der Waals surface area contributed by atoms with Gasteiger partial charge < -0.3 is 10.5 Å². The van der Waals surface area contributed by atoms with E-state index in [1.54, 1.807) is 11.8 Å². The molecule has 0 amide bonds. The van der Waals surface area contributed by atoms with E-state index in [0.717, 1.165) is 16.5 Å². The number of thioether (sulfide) groups is 1. The van der Waals surface area contributed by atoms with E-state index in [2.05, 4.69) is 4.99 Å². The highest BCUT2D eigenvalue weighted by Gasteiger charge is 2.13. The number of rotatable bonds is 5. The fourth-order valence-corrected chi connectivity index (χ4v) is 2.81. The third-order valence-corrected chi connectivity index (χ3v) is 4.07. The summed E-state index contributed by atoms with van der Waals surface area (Å²) in [6.07, 6.45) is 4.93. The minimum atomic E-state index is 0.449. The van der Waals surface area contributed by atoms with E-state index in [1.807, 2.05) is 24.3 Å². The summed E-state index contributed by atoms with van der Waals surface area (Å²) in [4.78, 5) is 4.52. The zero-order valence-electron chi connectivity index (χ0n) is 10.8. The second-order valence-corrected chi connectivity index (χ2v) is 6.11. The average Bonchev–Trinajstić information content (AvgIpc) is 2.89. The summed E-state index contributed by atoms with van der Waals surface area (Å²) in [6, 6.07) is 7.82. The molecular weight excluding hydrogens is 280 g/mol. The van der Waals surface area contributed by atoms with Crippen LogP contribution in [-0.2, 0) is 0 Å². The quantitative estimate of drug-likeness (QED) is 0.512. The van der Waals surface area contributed by atoms with Crippen molar-refractivity contribution < 1.29 is 4.74 Å². The van der Waals surface area contributed by atoms with E-state index in [4.69, 9.17) is 22.1 Å². The lowest BCUT2D eigenvalue weighted by Crippen LogP contribution is -2.13. The Kier molecular flexibility index (Phi) is 5.86. The molecule has 0 saturated heterocycles. The number of benzene rings is 1. The standard InChI is InChI=1S/C14H19ClN2OS/c15-11-5-7-13(8-6-11)18-9-10-19-14(16)17-12-3-1-2-4-12/h5-8,12H,1-4,9-10H2,(H2,16,17). The Hall–Kier alpha value is -0.870.